The molecule has 5 heterocycles. The molecule has 0 aromatic carbocycles. The van der Waals surface area contributed by atoms with E-state index in [1.165, 1.54) is 5.57 Å². The lowest BCUT2D eigenvalue weighted by atomic mass is 9.33. The topological polar surface area (TPSA) is 474 Å². The predicted octanol–water partition coefficient (Wildman–Crippen LogP) is -5.06. The molecule has 5 saturated heterocycles. The van der Waals surface area contributed by atoms with Gasteiger partial charge in [0.1, 0.15) is 110 Å². The van der Waals surface area contributed by atoms with Crippen molar-refractivity contribution in [2.24, 2.45) is 50.2 Å². The van der Waals surface area contributed by atoms with Crippen molar-refractivity contribution in [3.05, 3.63) is 11.6 Å². The van der Waals surface area contributed by atoms with Crippen LogP contribution in [-0.4, -0.2) is 297 Å². The maximum absolute atomic E-state index is 12.7. The molecule has 0 aromatic heterocycles. The number of hydrogen-bond donors (Lipinski definition) is 18. The number of carboxylic acids is 1. The molecule has 18 N–H and O–H groups in total. The van der Waals surface area contributed by atoms with Crippen LogP contribution in [0.3, 0.4) is 0 Å². The number of carboxylic acid groups (broad SMARTS) is 1. The van der Waals surface area contributed by atoms with Gasteiger partial charge < -0.3 is 139 Å². The lowest BCUT2D eigenvalue weighted by Crippen LogP contribution is -2.69. The Balaban J connectivity index is 0.906. The molecular weight excluding hydrogens is 1170 g/mol. The van der Waals surface area contributed by atoms with E-state index in [0.717, 1.165) is 0 Å². The second-order valence-electron chi connectivity index (χ2n) is 28.8. The molecule has 0 amide bonds. The quantitative estimate of drug-likeness (QED) is 0.0539. The molecule has 29 heteroatoms. The van der Waals surface area contributed by atoms with Crippen molar-refractivity contribution < 1.29 is 144 Å². The van der Waals surface area contributed by atoms with E-state index in [-0.39, 0.29) is 36.2 Å². The summed E-state index contributed by atoms with van der Waals surface area (Å²) in [5, 5.41) is 196. The lowest BCUT2D eigenvalue weighted by molar-refractivity contribution is -0.397. The molecule has 9 fully saturated rings. The Morgan fingerprint density at radius 3 is 1.58 bits per heavy atom. The Bertz CT molecular complexity index is 2460. The van der Waals surface area contributed by atoms with Crippen molar-refractivity contribution in [2.45, 2.75) is 266 Å². The van der Waals surface area contributed by atoms with Crippen molar-refractivity contribution >= 4 is 5.97 Å². The first-order valence-electron chi connectivity index (χ1n) is 31.0. The summed E-state index contributed by atoms with van der Waals surface area (Å²) in [5.74, 6) is -2.08. The van der Waals surface area contributed by atoms with E-state index in [2.05, 4.69) is 33.8 Å². The predicted molar refractivity (Wildman–Crippen MR) is 293 cm³/mol. The van der Waals surface area contributed by atoms with Gasteiger partial charge in [0.2, 0.25) is 0 Å². The molecule has 35 atom stereocenters. The van der Waals surface area contributed by atoms with Gasteiger partial charge in [0.15, 0.2) is 37.6 Å². The van der Waals surface area contributed by atoms with E-state index < -0.39 is 225 Å². The molecule has 10 rings (SSSR count). The molecule has 0 unspecified atom stereocenters. The lowest BCUT2D eigenvalue weighted by Gasteiger charge is -2.72. The normalized spacial score (nSPS) is 55.5. The van der Waals surface area contributed by atoms with Gasteiger partial charge in [-0.15, -0.1) is 0 Å². The van der Waals surface area contributed by atoms with Gasteiger partial charge in [-0.25, -0.2) is 4.79 Å². The largest absolute Gasteiger partial charge is 0.479 e. The smallest absolute Gasteiger partial charge is 0.335 e. The molecule has 0 spiro atoms. The van der Waals surface area contributed by atoms with Gasteiger partial charge in [0, 0.05) is 10.8 Å². The van der Waals surface area contributed by atoms with Gasteiger partial charge in [-0.1, -0.05) is 60.1 Å². The summed E-state index contributed by atoms with van der Waals surface area (Å²) in [5.41, 5.74) is -2.67. The number of ether oxygens (including phenoxy) is 10. The summed E-state index contributed by atoms with van der Waals surface area (Å²) in [6, 6.07) is 0. The highest BCUT2D eigenvalue weighted by atomic mass is 16.8. The number of aliphatic carboxylic acids is 1. The Hall–Kier alpha value is -1.87. The third-order valence-corrected chi connectivity index (χ3v) is 23.6. The zero-order chi connectivity index (χ0) is 64.4. The Morgan fingerprint density at radius 1 is 0.523 bits per heavy atom. The average molecular weight is 1270 g/mol. The summed E-state index contributed by atoms with van der Waals surface area (Å²) in [6.45, 7) is 11.4. The Kier molecular flexibility index (Phi) is 19.9. The van der Waals surface area contributed by atoms with Crippen LogP contribution in [0.25, 0.3) is 0 Å². The second-order valence-corrected chi connectivity index (χ2v) is 28.8. The maximum Gasteiger partial charge on any atom is 0.335 e. The number of aliphatic hydroxyl groups excluding tert-OH is 17. The van der Waals surface area contributed by atoms with E-state index in [9.17, 15) is 96.7 Å². The zero-order valence-corrected chi connectivity index (χ0v) is 50.6. The highest BCUT2D eigenvalue weighted by Gasteiger charge is 2.71. The number of allylic oxidation sites excluding steroid dienone is 2. The number of rotatable bonds is 15. The van der Waals surface area contributed by atoms with Crippen LogP contribution in [-0.2, 0) is 52.2 Å². The number of fused-ring (bicyclic) bond motifs is 7. The molecule has 0 aromatic rings. The van der Waals surface area contributed by atoms with Crippen molar-refractivity contribution in [3.63, 3.8) is 0 Å². The summed E-state index contributed by atoms with van der Waals surface area (Å²) in [4.78, 5) is 12.7. The molecule has 5 aliphatic carbocycles. The first-order chi connectivity index (χ1) is 41.2. The Labute approximate surface area is 509 Å². The van der Waals surface area contributed by atoms with E-state index in [1.807, 2.05) is 20.8 Å². The highest BCUT2D eigenvalue weighted by Crippen LogP contribution is 2.76. The van der Waals surface area contributed by atoms with Crippen LogP contribution in [0.2, 0.25) is 0 Å². The number of aliphatic hydroxyl groups is 17. The molecule has 0 radical (unpaired) electrons. The van der Waals surface area contributed by atoms with E-state index in [1.54, 1.807) is 0 Å². The summed E-state index contributed by atoms with van der Waals surface area (Å²) < 4.78 is 60.7. The van der Waals surface area contributed by atoms with Crippen LogP contribution in [0.5, 0.6) is 0 Å². The van der Waals surface area contributed by atoms with E-state index in [4.69, 9.17) is 47.4 Å². The summed E-state index contributed by atoms with van der Waals surface area (Å²) in [6.07, 6.45) is -39.5. The van der Waals surface area contributed by atoms with Gasteiger partial charge in [-0.05, 0) is 90.8 Å². The van der Waals surface area contributed by atoms with Gasteiger partial charge in [0.25, 0.3) is 0 Å². The van der Waals surface area contributed by atoms with Crippen molar-refractivity contribution in [1.29, 1.82) is 0 Å². The fourth-order valence-corrected chi connectivity index (χ4v) is 17.9. The molecule has 506 valence electrons. The fourth-order valence-electron chi connectivity index (χ4n) is 17.9. The minimum atomic E-state index is -2.17. The van der Waals surface area contributed by atoms with Gasteiger partial charge >= 0.3 is 5.97 Å². The average Bonchev–Trinajstić information content (AvgIpc) is 0.677. The molecule has 4 saturated carbocycles. The molecule has 5 aliphatic heterocycles. The first-order valence-corrected chi connectivity index (χ1v) is 31.0. The van der Waals surface area contributed by atoms with Gasteiger partial charge in [-0.2, -0.15) is 0 Å². The maximum atomic E-state index is 12.7. The SMILES string of the molecule is CC1(C)C[C@H]2C3=CC[C@@H]4[C@@]5(C)CC[C@H](O[C@@H]6O[C@H](C(=O)O)[C@@H](O)[C@H](O)[C@H]6O[C@@H]6O[C@H](CO)[C@H](O)[C@H](O)[C@H]6O[C@@H]6O[C@H](CO)[C@@H](O)[C@H](O)[C@H]6O)[C@](C)(CO)[C@@H]5CC[C@@]4(C)[C@]3(C)CC[C@@]2(C)[C@H](O[C@@H]2OC[C@H](O)[C@@H](O)[C@H]2O[C@@H]2O[C@H](CO)[C@@H](O)[C@@H](O)[C@H]2O)[C@@H]1O. The minimum absolute atomic E-state index is 0.0162. The van der Waals surface area contributed by atoms with Crippen molar-refractivity contribution in [2.75, 3.05) is 33.0 Å². The minimum Gasteiger partial charge on any atom is -0.479 e. The number of carbonyl (C=O) groups is 1. The zero-order valence-electron chi connectivity index (χ0n) is 50.6. The van der Waals surface area contributed by atoms with Crippen molar-refractivity contribution in [1.82, 2.24) is 0 Å². The van der Waals surface area contributed by atoms with E-state index >= 15 is 0 Å². The molecule has 10 aliphatic rings. The van der Waals surface area contributed by atoms with E-state index in [0.29, 0.717) is 44.9 Å². The van der Waals surface area contributed by atoms with Gasteiger partial charge in [0.05, 0.1) is 51.3 Å². The monoisotopic (exact) mass is 1270 g/mol. The van der Waals surface area contributed by atoms with Crippen LogP contribution in [0.15, 0.2) is 11.6 Å². The van der Waals surface area contributed by atoms with Crippen LogP contribution < -0.4 is 0 Å². The second kappa shape index (κ2) is 25.4. The fraction of sp³-hybridized carbons (Fsp3) is 0.949. The number of hydrogen-bond acceptors (Lipinski definition) is 28. The molecule has 0 bridgehead atoms. The third-order valence-electron chi connectivity index (χ3n) is 23.6. The van der Waals surface area contributed by atoms with Crippen LogP contribution in [0, 0.1) is 50.2 Å². The van der Waals surface area contributed by atoms with Crippen LogP contribution >= 0.6 is 0 Å². The molecular formula is C59H96O29. The molecule has 29 nitrogen and oxygen atoms in total. The summed E-state index contributed by atoms with van der Waals surface area (Å²) >= 11 is 0. The van der Waals surface area contributed by atoms with Gasteiger partial charge in [-0.3, -0.25) is 0 Å². The third kappa shape index (κ3) is 11.2. The summed E-state index contributed by atoms with van der Waals surface area (Å²) in [7, 11) is 0. The standard InChI is InChI=1S/C59H96O29/c1-54(2)16-23-22-8-9-29-56(4)12-11-30(83-53-45(39(73)38(72)42(84-53)48(77)78)87-52-44(37(71)34(68)27(19-62)82-52)86-50-41(75)36(70)33(67)26(18-61)81-50)57(5,21-63)28(56)10-13-59(29,7)58(22,6)15-14-55(23,3)47(46(54)76)88-51-43(31(65)24(64)20-79-51)85-49-40(74)35(69)32(66)25(17-60)80-49/h8,23-47,49-53,60-76H,9-21H2,1-7H3,(H,77,78)/t23-,24-,25+,26+,27+,28+,29+,30-,31+,32+,33+,34-,35+,36-,37-,38-,39-,40+,41+,42-,43+,44+,45+,46-,47+,49-,50-,51-,52-,53+,55+,56-,57+,58+,59+/m0/s1. The highest BCUT2D eigenvalue weighted by molar-refractivity contribution is 5.73. The van der Waals surface area contributed by atoms with Crippen LogP contribution in [0.4, 0.5) is 0 Å². The van der Waals surface area contributed by atoms with Crippen LogP contribution in [0.1, 0.15) is 99.8 Å². The molecule has 88 heavy (non-hydrogen) atoms. The Morgan fingerprint density at radius 2 is 1.03 bits per heavy atom. The first kappa shape index (κ1) is 69.0. The van der Waals surface area contributed by atoms with Crippen molar-refractivity contribution in [3.8, 4) is 0 Å².